The number of rotatable bonds is 0. The number of pyridine rings is 1. The Morgan fingerprint density at radius 1 is 1.45 bits per heavy atom. The van der Waals surface area contributed by atoms with Crippen molar-refractivity contribution >= 4 is 19.0 Å². The van der Waals surface area contributed by atoms with Crippen molar-refractivity contribution in [3.8, 4) is 0 Å². The number of aryl methyl sites for hydroxylation is 1. The third-order valence-electron chi connectivity index (χ3n) is 1.76. The Labute approximate surface area is 66.3 Å². The molecule has 11 heavy (non-hydrogen) atoms. The molecule has 0 saturated carbocycles. The van der Waals surface area contributed by atoms with E-state index in [9.17, 15) is 0 Å². The summed E-state index contributed by atoms with van der Waals surface area (Å²) in [5, 5.41) is 4.11. The monoisotopic (exact) mass is 142 g/mol. The molecule has 0 amide bonds. The van der Waals surface area contributed by atoms with Crippen molar-refractivity contribution in [3.63, 3.8) is 0 Å². The molecule has 0 spiro atoms. The van der Waals surface area contributed by atoms with Gasteiger partial charge in [0.25, 0.3) is 0 Å². The van der Waals surface area contributed by atoms with E-state index < -0.39 is 0 Å². The average molecular weight is 142 g/mol. The van der Waals surface area contributed by atoms with E-state index in [0.29, 0.717) is 5.59 Å². The molecule has 0 fully saturated rings. The maximum atomic E-state index is 5.67. The second-order valence-corrected chi connectivity index (χ2v) is 2.58. The first-order valence-corrected chi connectivity index (χ1v) is 3.48. The van der Waals surface area contributed by atoms with E-state index in [1.807, 2.05) is 31.3 Å². The summed E-state index contributed by atoms with van der Waals surface area (Å²) < 4.78 is 1.73. The highest BCUT2D eigenvalue weighted by atomic mass is 15.2. The molecule has 2 nitrogen and oxygen atoms in total. The first-order valence-electron chi connectivity index (χ1n) is 3.48. The van der Waals surface area contributed by atoms with Crippen molar-refractivity contribution in [1.82, 2.24) is 9.61 Å². The molecule has 0 aliphatic carbocycles. The standard InChI is InChI=1S/C8H7BN2/c1-6-5-10-11-7(6)3-2-4-8(11)9/h2-5H,1H3. The lowest BCUT2D eigenvalue weighted by Crippen LogP contribution is -2.14. The van der Waals surface area contributed by atoms with Gasteiger partial charge >= 0.3 is 0 Å². The number of nitrogens with zero attached hydrogens (tertiary/aromatic N) is 2. The second kappa shape index (κ2) is 2.12. The Hall–Kier alpha value is -1.25. The molecule has 52 valence electrons. The fraction of sp³-hybridized carbons (Fsp3) is 0.125. The van der Waals surface area contributed by atoms with Crippen LogP contribution in [0.2, 0.25) is 0 Å². The summed E-state index contributed by atoms with van der Waals surface area (Å²) in [6, 6.07) is 5.76. The number of aromatic nitrogens is 2. The first kappa shape index (κ1) is 6.46. The number of fused-ring (bicyclic) bond motifs is 1. The van der Waals surface area contributed by atoms with Crippen molar-refractivity contribution in [2.24, 2.45) is 0 Å². The molecule has 0 aliphatic heterocycles. The van der Waals surface area contributed by atoms with Crippen molar-refractivity contribution < 1.29 is 0 Å². The van der Waals surface area contributed by atoms with Crippen molar-refractivity contribution in [1.29, 1.82) is 0 Å². The summed E-state index contributed by atoms with van der Waals surface area (Å²) in [6.45, 7) is 2.02. The van der Waals surface area contributed by atoms with Crippen molar-refractivity contribution in [2.75, 3.05) is 0 Å². The highest BCUT2D eigenvalue weighted by molar-refractivity contribution is 6.31. The molecule has 0 N–H and O–H groups in total. The molecule has 0 aromatic carbocycles. The van der Waals surface area contributed by atoms with Gasteiger partial charge in [-0.3, -0.25) is 0 Å². The van der Waals surface area contributed by atoms with Crippen molar-refractivity contribution in [3.05, 3.63) is 30.0 Å². The number of hydrogen-bond donors (Lipinski definition) is 0. The molecule has 2 aromatic rings. The molecule has 0 bridgehead atoms. The average Bonchev–Trinajstić information content (AvgIpc) is 2.35. The summed E-state index contributed by atoms with van der Waals surface area (Å²) in [7, 11) is 5.67. The number of hydrogen-bond acceptors (Lipinski definition) is 1. The fourth-order valence-electron chi connectivity index (χ4n) is 1.16. The molecule has 0 aliphatic rings. The maximum Gasteiger partial charge on any atom is 0.141 e. The van der Waals surface area contributed by atoms with Crippen LogP contribution in [0.25, 0.3) is 5.52 Å². The first-order chi connectivity index (χ1) is 5.29. The van der Waals surface area contributed by atoms with Gasteiger partial charge in [-0.05, 0) is 24.1 Å². The molecule has 2 radical (unpaired) electrons. The maximum absolute atomic E-state index is 5.67. The minimum atomic E-state index is 0.676. The van der Waals surface area contributed by atoms with Crippen LogP contribution in [0, 0.1) is 6.92 Å². The van der Waals surface area contributed by atoms with Crippen LogP contribution >= 0.6 is 0 Å². The van der Waals surface area contributed by atoms with Crippen LogP contribution in [-0.2, 0) is 0 Å². The summed E-state index contributed by atoms with van der Waals surface area (Å²) >= 11 is 0. The van der Waals surface area contributed by atoms with E-state index in [0.717, 1.165) is 11.1 Å². The molecule has 2 heterocycles. The van der Waals surface area contributed by atoms with E-state index in [1.165, 1.54) is 0 Å². The van der Waals surface area contributed by atoms with E-state index in [1.54, 1.807) is 4.52 Å². The van der Waals surface area contributed by atoms with Gasteiger partial charge < -0.3 is 0 Å². The van der Waals surface area contributed by atoms with Gasteiger partial charge in [0, 0.05) is 0 Å². The molecular formula is C8H7BN2. The van der Waals surface area contributed by atoms with Gasteiger partial charge in [-0.1, -0.05) is 12.1 Å². The predicted octanol–water partition coefficient (Wildman–Crippen LogP) is 0.437. The van der Waals surface area contributed by atoms with Gasteiger partial charge in [0.2, 0.25) is 0 Å². The Bertz CT molecular complexity index is 392. The minimum absolute atomic E-state index is 0.676. The molecular weight excluding hydrogens is 135 g/mol. The van der Waals surface area contributed by atoms with Gasteiger partial charge in [0.15, 0.2) is 0 Å². The van der Waals surface area contributed by atoms with Gasteiger partial charge in [-0.15, -0.1) is 0 Å². The van der Waals surface area contributed by atoms with Crippen LogP contribution in [-0.4, -0.2) is 17.5 Å². The van der Waals surface area contributed by atoms with Crippen molar-refractivity contribution in [2.45, 2.75) is 6.92 Å². The lowest BCUT2D eigenvalue weighted by atomic mass is 10.0. The Morgan fingerprint density at radius 2 is 2.27 bits per heavy atom. The second-order valence-electron chi connectivity index (χ2n) is 2.58. The van der Waals surface area contributed by atoms with E-state index in [2.05, 4.69) is 5.10 Å². The highest BCUT2D eigenvalue weighted by Crippen LogP contribution is 2.05. The zero-order valence-corrected chi connectivity index (χ0v) is 6.28. The van der Waals surface area contributed by atoms with Crippen LogP contribution in [0.5, 0.6) is 0 Å². The van der Waals surface area contributed by atoms with Crippen LogP contribution in [0.4, 0.5) is 0 Å². The summed E-state index contributed by atoms with van der Waals surface area (Å²) in [6.07, 6.45) is 1.81. The van der Waals surface area contributed by atoms with E-state index >= 15 is 0 Å². The topological polar surface area (TPSA) is 17.3 Å². The van der Waals surface area contributed by atoms with Crippen LogP contribution in [0.15, 0.2) is 24.4 Å². The quantitative estimate of drug-likeness (QED) is 0.487. The predicted molar refractivity (Wildman–Crippen MR) is 45.3 cm³/mol. The molecule has 2 aromatic heterocycles. The van der Waals surface area contributed by atoms with Gasteiger partial charge in [0.05, 0.1) is 11.7 Å². The zero-order chi connectivity index (χ0) is 7.84. The van der Waals surface area contributed by atoms with Crippen LogP contribution in [0.1, 0.15) is 5.56 Å². The third kappa shape index (κ3) is 0.844. The smallest absolute Gasteiger partial charge is 0.141 e. The molecule has 0 atom stereocenters. The summed E-state index contributed by atoms with van der Waals surface area (Å²) in [5.74, 6) is 0. The fourth-order valence-corrected chi connectivity index (χ4v) is 1.16. The SMILES string of the molecule is [B]c1cccc2c(C)cnn12. The molecule has 2 rings (SSSR count). The van der Waals surface area contributed by atoms with Crippen LogP contribution < -0.4 is 5.59 Å². The Kier molecular flexibility index (Phi) is 1.25. The molecule has 0 unspecified atom stereocenters. The highest BCUT2D eigenvalue weighted by Gasteiger charge is 1.98. The summed E-state index contributed by atoms with van der Waals surface area (Å²) in [5.41, 5.74) is 2.90. The Balaban J connectivity index is 2.94. The normalized spacial score (nSPS) is 10.6. The lowest BCUT2D eigenvalue weighted by molar-refractivity contribution is 0.991. The van der Waals surface area contributed by atoms with Gasteiger partial charge in [-0.2, -0.15) is 5.10 Å². The minimum Gasteiger partial charge on any atom is -0.248 e. The summed E-state index contributed by atoms with van der Waals surface area (Å²) in [4.78, 5) is 0. The van der Waals surface area contributed by atoms with Crippen LogP contribution in [0.3, 0.4) is 0 Å². The zero-order valence-electron chi connectivity index (χ0n) is 6.28. The third-order valence-corrected chi connectivity index (χ3v) is 1.76. The van der Waals surface area contributed by atoms with E-state index in [-0.39, 0.29) is 0 Å². The van der Waals surface area contributed by atoms with E-state index in [4.69, 9.17) is 7.85 Å². The lowest BCUT2D eigenvalue weighted by Gasteiger charge is -1.97. The molecule has 3 heteroatoms. The van der Waals surface area contributed by atoms with Gasteiger partial charge in [-0.25, -0.2) is 4.52 Å². The largest absolute Gasteiger partial charge is 0.248 e. The van der Waals surface area contributed by atoms with Gasteiger partial charge in [0.1, 0.15) is 7.85 Å². The molecule has 0 saturated heterocycles. The Morgan fingerprint density at radius 3 is 3.00 bits per heavy atom.